The van der Waals surface area contributed by atoms with Gasteiger partial charge in [-0.25, -0.2) is 4.39 Å². The highest BCUT2D eigenvalue weighted by atomic mass is 19.1. The van der Waals surface area contributed by atoms with E-state index in [0.717, 1.165) is 31.4 Å². The van der Waals surface area contributed by atoms with Crippen LogP contribution >= 0.6 is 0 Å². The molecule has 0 aliphatic heterocycles. The molecular weight excluding hydrogens is 341 g/mol. The lowest BCUT2D eigenvalue weighted by molar-refractivity contribution is -0.0298. The van der Waals surface area contributed by atoms with Crippen LogP contribution in [0.15, 0.2) is 48.5 Å². The number of halogens is 1. The third kappa shape index (κ3) is 4.95. The zero-order valence-corrected chi connectivity index (χ0v) is 15.7. The van der Waals surface area contributed by atoms with E-state index in [1.165, 1.54) is 36.1 Å². The summed E-state index contributed by atoms with van der Waals surface area (Å²) in [4.78, 5) is 2.30. The highest BCUT2D eigenvalue weighted by molar-refractivity contribution is 5.31. The molecule has 0 radical (unpaired) electrons. The number of hydrogen-bond donors (Lipinski definition) is 1. The molecule has 1 saturated carbocycles. The predicted octanol–water partition coefficient (Wildman–Crippen LogP) is 4.25. The van der Waals surface area contributed by atoms with Crippen molar-refractivity contribution in [3.05, 3.63) is 71.0 Å². The minimum atomic E-state index is -0.514. The minimum absolute atomic E-state index is 0.0936. The van der Waals surface area contributed by atoms with Crippen LogP contribution in [-0.2, 0) is 17.7 Å². The molecule has 2 unspecified atom stereocenters. The Morgan fingerprint density at radius 2 is 1.85 bits per heavy atom. The number of benzene rings is 2. The van der Waals surface area contributed by atoms with E-state index in [2.05, 4.69) is 29.2 Å². The van der Waals surface area contributed by atoms with E-state index in [4.69, 9.17) is 4.74 Å². The van der Waals surface area contributed by atoms with Crippen LogP contribution in [0.25, 0.3) is 0 Å². The van der Waals surface area contributed by atoms with Crippen LogP contribution in [-0.4, -0.2) is 35.3 Å². The van der Waals surface area contributed by atoms with Crippen molar-refractivity contribution in [1.29, 1.82) is 0 Å². The van der Waals surface area contributed by atoms with Crippen LogP contribution in [0, 0.1) is 5.82 Å². The van der Waals surface area contributed by atoms with E-state index in [1.807, 2.05) is 12.1 Å². The Morgan fingerprint density at radius 3 is 2.63 bits per heavy atom. The third-order valence-electron chi connectivity index (χ3n) is 5.61. The van der Waals surface area contributed by atoms with E-state index < -0.39 is 6.10 Å². The molecule has 0 amide bonds. The first kappa shape index (κ1) is 18.6. The van der Waals surface area contributed by atoms with Crippen molar-refractivity contribution in [3.63, 3.8) is 0 Å². The van der Waals surface area contributed by atoms with Crippen molar-refractivity contribution in [3.8, 4) is 0 Å². The Morgan fingerprint density at radius 1 is 1.07 bits per heavy atom. The molecule has 27 heavy (non-hydrogen) atoms. The summed E-state index contributed by atoms with van der Waals surface area (Å²) < 4.78 is 19.2. The Hall–Kier alpha value is -1.75. The molecule has 0 saturated heterocycles. The van der Waals surface area contributed by atoms with Gasteiger partial charge < -0.3 is 9.84 Å². The van der Waals surface area contributed by atoms with Crippen LogP contribution in [0.1, 0.15) is 48.5 Å². The molecule has 1 N–H and O–H groups in total. The first-order chi connectivity index (χ1) is 13.2. The van der Waals surface area contributed by atoms with Gasteiger partial charge in [0, 0.05) is 19.1 Å². The average molecular weight is 369 g/mol. The minimum Gasteiger partial charge on any atom is -0.389 e. The first-order valence-electron chi connectivity index (χ1n) is 10.0. The number of aliphatic hydroxyl groups is 1. The molecule has 0 aromatic heterocycles. The van der Waals surface area contributed by atoms with Crippen molar-refractivity contribution in [2.75, 3.05) is 13.2 Å². The third-order valence-corrected chi connectivity index (χ3v) is 5.61. The molecule has 4 heteroatoms. The van der Waals surface area contributed by atoms with E-state index in [9.17, 15) is 9.50 Å². The van der Waals surface area contributed by atoms with Crippen LogP contribution in [0.2, 0.25) is 0 Å². The Bertz CT molecular complexity index is 744. The Balaban J connectivity index is 1.31. The number of rotatable bonds is 8. The molecule has 0 bridgehead atoms. The zero-order chi connectivity index (χ0) is 18.6. The van der Waals surface area contributed by atoms with Gasteiger partial charge in [-0.2, -0.15) is 0 Å². The predicted molar refractivity (Wildman–Crippen MR) is 104 cm³/mol. The van der Waals surface area contributed by atoms with Crippen LogP contribution < -0.4 is 0 Å². The van der Waals surface area contributed by atoms with E-state index in [0.29, 0.717) is 19.2 Å². The molecule has 2 aliphatic carbocycles. The summed E-state index contributed by atoms with van der Waals surface area (Å²) in [6.07, 6.45) is 5.19. The second kappa shape index (κ2) is 8.51. The number of nitrogens with zero attached hydrogens (tertiary/aromatic N) is 1. The van der Waals surface area contributed by atoms with Gasteiger partial charge in [0.1, 0.15) is 5.82 Å². The summed E-state index contributed by atoms with van der Waals surface area (Å²) in [5.41, 5.74) is 3.73. The van der Waals surface area contributed by atoms with Crippen molar-refractivity contribution >= 4 is 0 Å². The lowest BCUT2D eigenvalue weighted by Gasteiger charge is -2.29. The van der Waals surface area contributed by atoms with Gasteiger partial charge in [-0.1, -0.05) is 36.4 Å². The number of aliphatic hydroxyl groups excluding tert-OH is 1. The number of hydrogen-bond acceptors (Lipinski definition) is 3. The van der Waals surface area contributed by atoms with Gasteiger partial charge in [0.15, 0.2) is 0 Å². The lowest BCUT2D eigenvalue weighted by Crippen LogP contribution is -2.36. The molecule has 0 spiro atoms. The summed E-state index contributed by atoms with van der Waals surface area (Å²) in [7, 11) is 0. The van der Waals surface area contributed by atoms with E-state index in [1.54, 1.807) is 0 Å². The van der Waals surface area contributed by atoms with Gasteiger partial charge >= 0.3 is 0 Å². The molecule has 2 aromatic rings. The number of aryl methyl sites for hydroxylation is 1. The van der Waals surface area contributed by atoms with Gasteiger partial charge in [-0.15, -0.1) is 0 Å². The van der Waals surface area contributed by atoms with Gasteiger partial charge in [0.25, 0.3) is 0 Å². The molecule has 2 aliphatic rings. The lowest BCUT2D eigenvalue weighted by atomic mass is 9.89. The fourth-order valence-electron chi connectivity index (χ4n) is 4.04. The van der Waals surface area contributed by atoms with Crippen LogP contribution in [0.3, 0.4) is 0 Å². The summed E-state index contributed by atoms with van der Waals surface area (Å²) in [5.74, 6) is -0.210. The summed E-state index contributed by atoms with van der Waals surface area (Å²) in [6, 6.07) is 15.7. The van der Waals surface area contributed by atoms with Crippen molar-refractivity contribution in [2.24, 2.45) is 0 Å². The van der Waals surface area contributed by atoms with Gasteiger partial charge in [-0.3, -0.25) is 4.90 Å². The molecule has 3 nitrogen and oxygen atoms in total. The largest absolute Gasteiger partial charge is 0.389 e. The highest BCUT2D eigenvalue weighted by Gasteiger charge is 2.30. The topological polar surface area (TPSA) is 32.7 Å². The molecular formula is C23H28FNO2. The molecule has 4 rings (SSSR count). The fraction of sp³-hybridized carbons (Fsp3) is 0.478. The normalized spacial score (nSPS) is 20.5. The van der Waals surface area contributed by atoms with Crippen LogP contribution in [0.5, 0.6) is 0 Å². The summed E-state index contributed by atoms with van der Waals surface area (Å²) in [6.45, 7) is 1.69. The maximum absolute atomic E-state index is 13.1. The van der Waals surface area contributed by atoms with Crippen LogP contribution in [0.4, 0.5) is 4.39 Å². The first-order valence-corrected chi connectivity index (χ1v) is 10.0. The summed E-state index contributed by atoms with van der Waals surface area (Å²) >= 11 is 0. The molecule has 0 heterocycles. The smallest absolute Gasteiger partial charge is 0.123 e. The fourth-order valence-corrected chi connectivity index (χ4v) is 4.04. The van der Waals surface area contributed by atoms with Gasteiger partial charge in [-0.05, 0) is 60.9 Å². The quantitative estimate of drug-likeness (QED) is 0.755. The molecule has 1 fully saturated rings. The van der Waals surface area contributed by atoms with Gasteiger partial charge in [0.05, 0.1) is 18.8 Å². The van der Waals surface area contributed by atoms with Crippen molar-refractivity contribution < 1.29 is 14.2 Å². The Kier molecular flexibility index (Phi) is 5.86. The maximum Gasteiger partial charge on any atom is 0.123 e. The number of ether oxygens (including phenoxy) is 1. The van der Waals surface area contributed by atoms with E-state index in [-0.39, 0.29) is 11.9 Å². The van der Waals surface area contributed by atoms with Gasteiger partial charge in [0.2, 0.25) is 0 Å². The van der Waals surface area contributed by atoms with Crippen molar-refractivity contribution in [1.82, 2.24) is 4.90 Å². The maximum atomic E-state index is 13.1. The van der Waals surface area contributed by atoms with Crippen molar-refractivity contribution in [2.45, 2.75) is 56.9 Å². The second-order valence-corrected chi connectivity index (χ2v) is 7.85. The van der Waals surface area contributed by atoms with E-state index >= 15 is 0 Å². The summed E-state index contributed by atoms with van der Waals surface area (Å²) in [5, 5.41) is 10.6. The molecule has 2 atom stereocenters. The standard InChI is InChI=1S/C23H28FNO2/c24-19-10-8-17(9-11-19)14-25(20-12-13-20)15-21(26)16-27-23-7-3-5-18-4-1-2-6-22(18)23/h1-2,4,6,8-11,20-21,23,26H,3,5,7,12-16H2. The highest BCUT2D eigenvalue weighted by Crippen LogP contribution is 2.33. The molecule has 2 aromatic carbocycles. The number of fused-ring (bicyclic) bond motifs is 1. The second-order valence-electron chi connectivity index (χ2n) is 7.85. The SMILES string of the molecule is OC(COC1CCCc2ccccc21)CN(Cc1ccc(F)cc1)C1CC1. The zero-order valence-electron chi connectivity index (χ0n) is 15.7. The Labute approximate surface area is 160 Å². The monoisotopic (exact) mass is 369 g/mol. The molecule has 144 valence electrons. The average Bonchev–Trinajstić information content (AvgIpc) is 3.53.